The Morgan fingerprint density at radius 2 is 2.12 bits per heavy atom. The minimum absolute atomic E-state index is 0.0187. The summed E-state index contributed by atoms with van der Waals surface area (Å²) in [7, 11) is 0. The van der Waals surface area contributed by atoms with Crippen LogP contribution in [0.3, 0.4) is 0 Å². The van der Waals surface area contributed by atoms with Crippen molar-refractivity contribution in [2.24, 2.45) is 0 Å². The quantitative estimate of drug-likeness (QED) is 0.802. The molecule has 0 bridgehead atoms. The SMILES string of the molecule is O=C(COC(=O)Cc1cccc(C(F)(F)F)c1)NC[C@@H]1CCCO1. The molecule has 0 aliphatic carbocycles. The van der Waals surface area contributed by atoms with E-state index < -0.39 is 30.2 Å². The average molecular weight is 345 g/mol. The molecular weight excluding hydrogens is 327 g/mol. The van der Waals surface area contributed by atoms with E-state index >= 15 is 0 Å². The fraction of sp³-hybridized carbons (Fsp3) is 0.500. The number of benzene rings is 1. The zero-order valence-electron chi connectivity index (χ0n) is 12.9. The highest BCUT2D eigenvalue weighted by atomic mass is 19.4. The van der Waals surface area contributed by atoms with Crippen LogP contribution in [0.1, 0.15) is 24.0 Å². The van der Waals surface area contributed by atoms with Gasteiger partial charge >= 0.3 is 12.1 Å². The van der Waals surface area contributed by atoms with E-state index in [1.807, 2.05) is 0 Å². The molecule has 1 aromatic carbocycles. The Hall–Kier alpha value is -2.09. The lowest BCUT2D eigenvalue weighted by Gasteiger charge is -2.11. The zero-order valence-corrected chi connectivity index (χ0v) is 12.9. The van der Waals surface area contributed by atoms with Gasteiger partial charge in [0.1, 0.15) is 0 Å². The molecule has 1 saturated heterocycles. The molecule has 132 valence electrons. The van der Waals surface area contributed by atoms with E-state index in [0.717, 1.165) is 25.0 Å². The first-order valence-electron chi connectivity index (χ1n) is 7.54. The minimum Gasteiger partial charge on any atom is -0.455 e. The fourth-order valence-corrected chi connectivity index (χ4v) is 2.31. The predicted octanol–water partition coefficient (Wildman–Crippen LogP) is 2.09. The topological polar surface area (TPSA) is 64.6 Å². The van der Waals surface area contributed by atoms with Crippen molar-refractivity contribution in [1.82, 2.24) is 5.32 Å². The molecule has 0 spiro atoms. The van der Waals surface area contributed by atoms with Gasteiger partial charge in [-0.25, -0.2) is 0 Å². The van der Waals surface area contributed by atoms with Crippen molar-refractivity contribution >= 4 is 11.9 Å². The zero-order chi connectivity index (χ0) is 17.6. The smallest absolute Gasteiger partial charge is 0.416 e. The summed E-state index contributed by atoms with van der Waals surface area (Å²) in [6.45, 7) is 0.557. The highest BCUT2D eigenvalue weighted by Gasteiger charge is 2.30. The van der Waals surface area contributed by atoms with Gasteiger partial charge in [0.25, 0.3) is 5.91 Å². The van der Waals surface area contributed by atoms with Gasteiger partial charge in [-0.05, 0) is 24.5 Å². The summed E-state index contributed by atoms with van der Waals surface area (Å²) >= 11 is 0. The molecule has 0 radical (unpaired) electrons. The number of esters is 1. The Bertz CT molecular complexity index is 583. The second-order valence-electron chi connectivity index (χ2n) is 5.47. The third-order valence-electron chi connectivity index (χ3n) is 3.52. The van der Waals surface area contributed by atoms with Crippen molar-refractivity contribution in [3.63, 3.8) is 0 Å². The highest BCUT2D eigenvalue weighted by molar-refractivity contribution is 5.81. The molecule has 8 heteroatoms. The Kier molecular flexibility index (Phi) is 6.19. The molecule has 1 aliphatic heterocycles. The van der Waals surface area contributed by atoms with E-state index in [1.165, 1.54) is 12.1 Å². The van der Waals surface area contributed by atoms with Gasteiger partial charge in [-0.3, -0.25) is 9.59 Å². The van der Waals surface area contributed by atoms with Crippen molar-refractivity contribution in [2.75, 3.05) is 19.8 Å². The van der Waals surface area contributed by atoms with Crippen LogP contribution in [0.5, 0.6) is 0 Å². The molecule has 5 nitrogen and oxygen atoms in total. The van der Waals surface area contributed by atoms with Crippen molar-refractivity contribution in [2.45, 2.75) is 31.5 Å². The van der Waals surface area contributed by atoms with Crippen LogP contribution in [-0.2, 0) is 31.7 Å². The van der Waals surface area contributed by atoms with Gasteiger partial charge in [-0.1, -0.05) is 18.2 Å². The standard InChI is InChI=1S/C16H18F3NO4/c17-16(18,19)12-4-1-3-11(7-12)8-15(22)24-10-14(21)20-9-13-5-2-6-23-13/h1,3-4,7,13H,2,5-6,8-10H2,(H,20,21)/t13-/m0/s1. The first-order chi connectivity index (χ1) is 11.3. The number of carbonyl (C=O) groups is 2. The molecule has 1 atom stereocenters. The third kappa shape index (κ3) is 5.84. The maximum atomic E-state index is 12.6. The van der Waals surface area contributed by atoms with E-state index in [2.05, 4.69) is 5.32 Å². The molecule has 1 heterocycles. The molecule has 1 aromatic rings. The van der Waals surface area contributed by atoms with Crippen LogP contribution >= 0.6 is 0 Å². The van der Waals surface area contributed by atoms with Gasteiger partial charge < -0.3 is 14.8 Å². The summed E-state index contributed by atoms with van der Waals surface area (Å²) in [5.74, 6) is -1.23. The van der Waals surface area contributed by atoms with E-state index in [-0.39, 0.29) is 18.1 Å². The van der Waals surface area contributed by atoms with Crippen molar-refractivity contribution in [3.05, 3.63) is 35.4 Å². The molecule has 0 aromatic heterocycles. The Morgan fingerprint density at radius 1 is 1.33 bits per heavy atom. The van der Waals surface area contributed by atoms with Crippen LogP contribution in [-0.4, -0.2) is 37.7 Å². The van der Waals surface area contributed by atoms with Gasteiger partial charge in [-0.2, -0.15) is 13.2 Å². The molecule has 1 fully saturated rings. The Morgan fingerprint density at radius 3 is 2.79 bits per heavy atom. The van der Waals surface area contributed by atoms with Crippen molar-refractivity contribution in [1.29, 1.82) is 0 Å². The number of hydrogen-bond donors (Lipinski definition) is 1. The van der Waals surface area contributed by atoms with E-state index in [1.54, 1.807) is 0 Å². The molecule has 24 heavy (non-hydrogen) atoms. The molecule has 2 rings (SSSR count). The van der Waals surface area contributed by atoms with E-state index in [0.29, 0.717) is 13.2 Å². The van der Waals surface area contributed by atoms with Gasteiger partial charge in [0, 0.05) is 13.2 Å². The van der Waals surface area contributed by atoms with Crippen LogP contribution in [0, 0.1) is 0 Å². The van der Waals surface area contributed by atoms with Crippen LogP contribution in [0.2, 0.25) is 0 Å². The number of amides is 1. The largest absolute Gasteiger partial charge is 0.455 e. The van der Waals surface area contributed by atoms with Gasteiger partial charge in [0.2, 0.25) is 0 Å². The summed E-state index contributed by atoms with van der Waals surface area (Å²) < 4.78 is 47.9. The summed E-state index contributed by atoms with van der Waals surface area (Å²) in [6, 6.07) is 4.43. The summed E-state index contributed by atoms with van der Waals surface area (Å²) in [4.78, 5) is 23.2. The molecule has 0 unspecified atom stereocenters. The summed E-state index contributed by atoms with van der Waals surface area (Å²) in [5.41, 5.74) is -0.656. The molecule has 1 aliphatic rings. The lowest BCUT2D eigenvalue weighted by atomic mass is 10.1. The van der Waals surface area contributed by atoms with Gasteiger partial charge in [-0.15, -0.1) is 0 Å². The lowest BCUT2D eigenvalue weighted by Crippen LogP contribution is -2.35. The lowest BCUT2D eigenvalue weighted by molar-refractivity contribution is -0.148. The molecule has 1 N–H and O–H groups in total. The number of nitrogens with one attached hydrogen (secondary N) is 1. The van der Waals surface area contributed by atoms with Crippen LogP contribution < -0.4 is 5.32 Å². The first kappa shape index (κ1) is 18.3. The molecule has 0 saturated carbocycles. The third-order valence-corrected chi connectivity index (χ3v) is 3.52. The number of rotatable bonds is 6. The van der Waals surface area contributed by atoms with Crippen molar-refractivity contribution < 1.29 is 32.2 Å². The Balaban J connectivity index is 1.73. The van der Waals surface area contributed by atoms with Gasteiger partial charge in [0.15, 0.2) is 6.61 Å². The summed E-state index contributed by atoms with van der Waals surface area (Å²) in [6.07, 6.45) is -3.00. The fourth-order valence-electron chi connectivity index (χ4n) is 2.31. The van der Waals surface area contributed by atoms with Crippen LogP contribution in [0.4, 0.5) is 13.2 Å². The van der Waals surface area contributed by atoms with E-state index in [4.69, 9.17) is 9.47 Å². The number of carbonyl (C=O) groups excluding carboxylic acids is 2. The number of hydrogen-bond acceptors (Lipinski definition) is 4. The molecular formula is C16H18F3NO4. The number of halogens is 3. The Labute approximate surface area is 137 Å². The van der Waals surface area contributed by atoms with Crippen LogP contribution in [0.25, 0.3) is 0 Å². The average Bonchev–Trinajstić information content (AvgIpc) is 3.04. The first-order valence-corrected chi connectivity index (χ1v) is 7.54. The number of alkyl halides is 3. The summed E-state index contributed by atoms with van der Waals surface area (Å²) in [5, 5.41) is 2.58. The minimum atomic E-state index is -4.47. The second kappa shape index (κ2) is 8.14. The van der Waals surface area contributed by atoms with Crippen LogP contribution in [0.15, 0.2) is 24.3 Å². The highest BCUT2D eigenvalue weighted by Crippen LogP contribution is 2.29. The van der Waals surface area contributed by atoms with E-state index in [9.17, 15) is 22.8 Å². The maximum Gasteiger partial charge on any atom is 0.416 e. The number of ether oxygens (including phenoxy) is 2. The van der Waals surface area contributed by atoms with Crippen molar-refractivity contribution in [3.8, 4) is 0 Å². The maximum absolute atomic E-state index is 12.6. The predicted molar refractivity (Wildman–Crippen MR) is 78.1 cm³/mol. The molecule has 1 amide bonds. The monoisotopic (exact) mass is 345 g/mol. The normalized spacial score (nSPS) is 17.5. The second-order valence-corrected chi connectivity index (χ2v) is 5.47. The van der Waals surface area contributed by atoms with Gasteiger partial charge in [0.05, 0.1) is 18.1 Å².